The van der Waals surface area contributed by atoms with E-state index in [-0.39, 0.29) is 42.4 Å². The first kappa shape index (κ1) is 22.5. The number of aryl methyl sites for hydroxylation is 1. The number of piperidine rings is 1. The zero-order valence-corrected chi connectivity index (χ0v) is 18.2. The summed E-state index contributed by atoms with van der Waals surface area (Å²) in [5.74, 6) is -0.936. The van der Waals surface area contributed by atoms with E-state index in [0.29, 0.717) is 43.4 Å². The van der Waals surface area contributed by atoms with Crippen molar-refractivity contribution >= 4 is 28.7 Å². The fourth-order valence-corrected chi connectivity index (χ4v) is 3.73. The van der Waals surface area contributed by atoms with E-state index in [1.54, 1.807) is 24.0 Å². The van der Waals surface area contributed by atoms with Gasteiger partial charge in [0, 0.05) is 20.1 Å². The van der Waals surface area contributed by atoms with Gasteiger partial charge in [-0.05, 0) is 38.3 Å². The summed E-state index contributed by atoms with van der Waals surface area (Å²) in [6.45, 7) is 4.63. The number of carbonyl (C=O) groups is 3. The summed E-state index contributed by atoms with van der Waals surface area (Å²) in [5, 5.41) is 0.457. The number of likely N-dealkylation sites (tertiary alicyclic amines) is 1. The number of hydrogen-bond acceptors (Lipinski definition) is 6. The Morgan fingerprint density at radius 3 is 2.61 bits per heavy atom. The third-order valence-corrected chi connectivity index (χ3v) is 5.63. The van der Waals surface area contributed by atoms with Crippen molar-refractivity contribution in [2.45, 2.75) is 33.2 Å². The fourth-order valence-electron chi connectivity index (χ4n) is 3.73. The quantitative estimate of drug-likeness (QED) is 0.636. The van der Waals surface area contributed by atoms with E-state index in [1.165, 1.54) is 22.8 Å². The average Bonchev–Trinajstić information content (AvgIpc) is 2.76. The number of amides is 2. The topological polar surface area (TPSA) is 102 Å². The molecule has 0 spiro atoms. The lowest BCUT2D eigenvalue weighted by atomic mass is 9.97. The minimum absolute atomic E-state index is 0.0855. The number of rotatable bonds is 6. The molecule has 31 heavy (non-hydrogen) atoms. The minimum atomic E-state index is -0.356. The standard InChI is InChI=1S/C22H28N4O5/c1-4-31-22(30)16-8-10-25(11-9-16)19(28)12-24(3)18(27)13-26-14-23-20-15(2)6-5-7-17(20)21(26)29/h5-7,14,16H,4,8-13H2,1-3H3. The largest absolute Gasteiger partial charge is 0.466 e. The highest BCUT2D eigenvalue weighted by Crippen LogP contribution is 2.19. The average molecular weight is 428 g/mol. The molecule has 2 aromatic rings. The van der Waals surface area contributed by atoms with Crippen LogP contribution in [0.1, 0.15) is 25.3 Å². The second kappa shape index (κ2) is 9.72. The third-order valence-electron chi connectivity index (χ3n) is 5.63. The Kier molecular flexibility index (Phi) is 7.04. The summed E-state index contributed by atoms with van der Waals surface area (Å²) < 4.78 is 6.30. The molecule has 9 nitrogen and oxygen atoms in total. The number of para-hydroxylation sites is 1. The van der Waals surface area contributed by atoms with E-state index in [1.807, 2.05) is 13.0 Å². The van der Waals surface area contributed by atoms with Gasteiger partial charge in [0.15, 0.2) is 0 Å². The van der Waals surface area contributed by atoms with Gasteiger partial charge in [0.2, 0.25) is 11.8 Å². The fraction of sp³-hybridized carbons (Fsp3) is 0.500. The van der Waals surface area contributed by atoms with Crippen LogP contribution in [0.15, 0.2) is 29.3 Å². The lowest BCUT2D eigenvalue weighted by Crippen LogP contribution is -2.46. The third kappa shape index (κ3) is 5.10. The van der Waals surface area contributed by atoms with Gasteiger partial charge >= 0.3 is 5.97 Å². The van der Waals surface area contributed by atoms with E-state index in [0.717, 1.165) is 5.56 Å². The van der Waals surface area contributed by atoms with Crippen LogP contribution in [0.2, 0.25) is 0 Å². The molecule has 1 aliphatic heterocycles. The normalized spacial score (nSPS) is 14.5. The Morgan fingerprint density at radius 1 is 1.23 bits per heavy atom. The zero-order chi connectivity index (χ0) is 22.5. The monoisotopic (exact) mass is 428 g/mol. The number of esters is 1. The summed E-state index contributed by atoms with van der Waals surface area (Å²) in [5.41, 5.74) is 1.22. The maximum absolute atomic E-state index is 12.7. The molecule has 1 aromatic heterocycles. The zero-order valence-electron chi connectivity index (χ0n) is 18.2. The van der Waals surface area contributed by atoms with Crippen LogP contribution in [0.4, 0.5) is 0 Å². The molecule has 0 saturated carbocycles. The molecular weight excluding hydrogens is 400 g/mol. The van der Waals surface area contributed by atoms with Gasteiger partial charge in [-0.25, -0.2) is 4.98 Å². The van der Waals surface area contributed by atoms with Crippen LogP contribution in [0.5, 0.6) is 0 Å². The molecule has 1 fully saturated rings. The molecule has 0 N–H and O–H groups in total. The number of hydrogen-bond donors (Lipinski definition) is 0. The Hall–Kier alpha value is -3.23. The SMILES string of the molecule is CCOC(=O)C1CCN(C(=O)CN(C)C(=O)Cn2cnc3c(C)cccc3c2=O)CC1. The number of benzene rings is 1. The molecule has 0 aliphatic carbocycles. The lowest BCUT2D eigenvalue weighted by Gasteiger charge is -2.32. The van der Waals surface area contributed by atoms with Gasteiger partial charge in [-0.2, -0.15) is 0 Å². The molecule has 3 rings (SSSR count). The molecular formula is C22H28N4O5. The highest BCUT2D eigenvalue weighted by Gasteiger charge is 2.29. The van der Waals surface area contributed by atoms with Crippen molar-refractivity contribution in [3.8, 4) is 0 Å². The van der Waals surface area contributed by atoms with Crippen molar-refractivity contribution in [3.63, 3.8) is 0 Å². The molecule has 0 atom stereocenters. The maximum atomic E-state index is 12.7. The molecule has 2 heterocycles. The second-order valence-corrected chi connectivity index (χ2v) is 7.81. The molecule has 166 valence electrons. The summed E-state index contributed by atoms with van der Waals surface area (Å²) >= 11 is 0. The lowest BCUT2D eigenvalue weighted by molar-refractivity contribution is -0.151. The summed E-state index contributed by atoms with van der Waals surface area (Å²) in [4.78, 5) is 57.0. The predicted octanol–water partition coefficient (Wildman–Crippen LogP) is 0.965. The van der Waals surface area contributed by atoms with Crippen LogP contribution < -0.4 is 5.56 Å². The van der Waals surface area contributed by atoms with Gasteiger partial charge in [0.25, 0.3) is 5.56 Å². The molecule has 1 aromatic carbocycles. The van der Waals surface area contributed by atoms with Crippen LogP contribution in [0.3, 0.4) is 0 Å². The van der Waals surface area contributed by atoms with E-state index >= 15 is 0 Å². The second-order valence-electron chi connectivity index (χ2n) is 7.81. The van der Waals surface area contributed by atoms with Gasteiger partial charge in [-0.3, -0.25) is 23.7 Å². The van der Waals surface area contributed by atoms with E-state index in [4.69, 9.17) is 4.74 Å². The Labute approximate surface area is 180 Å². The first-order valence-electron chi connectivity index (χ1n) is 10.4. The van der Waals surface area contributed by atoms with Gasteiger partial charge < -0.3 is 14.5 Å². The summed E-state index contributed by atoms with van der Waals surface area (Å²) in [7, 11) is 1.54. The Morgan fingerprint density at radius 2 is 1.94 bits per heavy atom. The number of likely N-dealkylation sites (N-methyl/N-ethyl adjacent to an activating group) is 1. The van der Waals surface area contributed by atoms with E-state index in [2.05, 4.69) is 4.98 Å². The summed E-state index contributed by atoms with van der Waals surface area (Å²) in [6, 6.07) is 5.34. The molecule has 1 aliphatic rings. The van der Waals surface area contributed by atoms with Crippen molar-refractivity contribution in [2.24, 2.45) is 5.92 Å². The Balaban J connectivity index is 1.57. The van der Waals surface area contributed by atoms with Gasteiger partial charge in [0.1, 0.15) is 6.54 Å². The van der Waals surface area contributed by atoms with Crippen molar-refractivity contribution in [3.05, 3.63) is 40.4 Å². The molecule has 0 unspecified atom stereocenters. The molecule has 9 heteroatoms. The first-order chi connectivity index (χ1) is 14.8. The van der Waals surface area contributed by atoms with Gasteiger partial charge in [-0.15, -0.1) is 0 Å². The molecule has 0 bridgehead atoms. The molecule has 0 radical (unpaired) electrons. The van der Waals surface area contributed by atoms with Crippen molar-refractivity contribution < 1.29 is 19.1 Å². The van der Waals surface area contributed by atoms with Crippen LogP contribution in [0.25, 0.3) is 10.9 Å². The van der Waals surface area contributed by atoms with Crippen LogP contribution in [-0.4, -0.2) is 70.4 Å². The highest BCUT2D eigenvalue weighted by atomic mass is 16.5. The minimum Gasteiger partial charge on any atom is -0.466 e. The number of aromatic nitrogens is 2. The Bertz CT molecular complexity index is 1040. The van der Waals surface area contributed by atoms with E-state index < -0.39 is 0 Å². The van der Waals surface area contributed by atoms with Gasteiger partial charge in [-0.1, -0.05) is 12.1 Å². The van der Waals surface area contributed by atoms with Crippen LogP contribution >= 0.6 is 0 Å². The van der Waals surface area contributed by atoms with E-state index in [9.17, 15) is 19.2 Å². The number of nitrogens with zero attached hydrogens (tertiary/aromatic N) is 4. The summed E-state index contributed by atoms with van der Waals surface area (Å²) in [6.07, 6.45) is 2.48. The maximum Gasteiger partial charge on any atom is 0.309 e. The van der Waals surface area contributed by atoms with Crippen LogP contribution in [0, 0.1) is 12.8 Å². The van der Waals surface area contributed by atoms with Crippen molar-refractivity contribution in [2.75, 3.05) is 33.3 Å². The van der Waals surface area contributed by atoms with Crippen molar-refractivity contribution in [1.82, 2.24) is 19.4 Å². The predicted molar refractivity (Wildman–Crippen MR) is 114 cm³/mol. The van der Waals surface area contributed by atoms with Gasteiger partial charge in [0.05, 0.1) is 36.3 Å². The smallest absolute Gasteiger partial charge is 0.309 e. The molecule has 2 amide bonds. The number of fused-ring (bicyclic) bond motifs is 1. The van der Waals surface area contributed by atoms with Crippen LogP contribution in [-0.2, 0) is 25.7 Å². The number of carbonyl (C=O) groups excluding carboxylic acids is 3. The first-order valence-corrected chi connectivity index (χ1v) is 10.4. The number of ether oxygens (including phenoxy) is 1. The van der Waals surface area contributed by atoms with Crippen molar-refractivity contribution in [1.29, 1.82) is 0 Å². The highest BCUT2D eigenvalue weighted by molar-refractivity contribution is 5.85. The molecule has 1 saturated heterocycles.